The van der Waals surface area contributed by atoms with E-state index in [9.17, 15) is 0 Å². The highest BCUT2D eigenvalue weighted by Crippen LogP contribution is 2.33. The average Bonchev–Trinajstić information content (AvgIpc) is 2.64. The Labute approximate surface area is 162 Å². The van der Waals surface area contributed by atoms with Gasteiger partial charge in [0, 0.05) is 24.1 Å². The van der Waals surface area contributed by atoms with Gasteiger partial charge >= 0.3 is 0 Å². The van der Waals surface area contributed by atoms with Gasteiger partial charge in [-0.25, -0.2) is 4.98 Å². The monoisotopic (exact) mass is 384 g/mol. The van der Waals surface area contributed by atoms with Crippen molar-refractivity contribution < 1.29 is 0 Å². The van der Waals surface area contributed by atoms with Crippen LogP contribution in [0.25, 0.3) is 0 Å². The fourth-order valence-electron chi connectivity index (χ4n) is 3.23. The maximum atomic E-state index is 6.08. The molecule has 0 spiro atoms. The third-order valence-electron chi connectivity index (χ3n) is 4.45. The first kappa shape index (κ1) is 17.1. The third kappa shape index (κ3) is 3.48. The zero-order chi connectivity index (χ0) is 18.1. The maximum absolute atomic E-state index is 6.08. The lowest BCUT2D eigenvalue weighted by molar-refractivity contribution is 0.758. The first-order chi connectivity index (χ1) is 12.6. The van der Waals surface area contributed by atoms with Gasteiger partial charge in [0.15, 0.2) is 0 Å². The van der Waals surface area contributed by atoms with Crippen LogP contribution in [0.5, 0.6) is 0 Å². The van der Waals surface area contributed by atoms with Crippen LogP contribution >= 0.6 is 23.2 Å². The fourth-order valence-corrected chi connectivity index (χ4v) is 3.52. The summed E-state index contributed by atoms with van der Waals surface area (Å²) in [6.45, 7) is 3.07. The van der Waals surface area contributed by atoms with Crippen molar-refractivity contribution in [1.29, 1.82) is 0 Å². The molecule has 1 aliphatic rings. The van der Waals surface area contributed by atoms with Crippen LogP contribution in [0.15, 0.2) is 48.7 Å². The molecule has 1 aliphatic heterocycles. The Balaban J connectivity index is 1.63. The van der Waals surface area contributed by atoms with Crippen molar-refractivity contribution in [3.05, 3.63) is 69.8 Å². The van der Waals surface area contributed by atoms with Crippen LogP contribution in [0.1, 0.15) is 17.5 Å². The Kier molecular flexibility index (Phi) is 4.70. The summed E-state index contributed by atoms with van der Waals surface area (Å²) < 4.78 is 0. The Morgan fingerprint density at radius 2 is 1.92 bits per heavy atom. The smallest absolute Gasteiger partial charge is 0.229 e. The van der Waals surface area contributed by atoms with E-state index in [1.807, 2.05) is 12.1 Å². The summed E-state index contributed by atoms with van der Waals surface area (Å²) in [4.78, 5) is 11.3. The van der Waals surface area contributed by atoms with Gasteiger partial charge in [0.2, 0.25) is 5.95 Å². The predicted octanol–water partition coefficient (Wildman–Crippen LogP) is 5.92. The van der Waals surface area contributed by atoms with E-state index in [0.29, 0.717) is 16.0 Å². The number of aromatic nitrogens is 2. The van der Waals surface area contributed by atoms with Gasteiger partial charge < -0.3 is 10.2 Å². The van der Waals surface area contributed by atoms with E-state index in [0.717, 1.165) is 30.9 Å². The normalized spacial score (nSPS) is 13.4. The predicted molar refractivity (Wildman–Crippen MR) is 108 cm³/mol. The molecule has 0 amide bonds. The molecule has 4 rings (SSSR count). The van der Waals surface area contributed by atoms with Crippen molar-refractivity contribution in [3.8, 4) is 0 Å². The molecule has 0 saturated heterocycles. The highest BCUT2D eigenvalue weighted by Gasteiger charge is 2.19. The second kappa shape index (κ2) is 7.14. The van der Waals surface area contributed by atoms with Gasteiger partial charge in [-0.3, -0.25) is 0 Å². The van der Waals surface area contributed by atoms with Gasteiger partial charge in [-0.1, -0.05) is 40.9 Å². The molecule has 1 aromatic heterocycles. The number of hydrogen-bond donors (Lipinski definition) is 1. The summed E-state index contributed by atoms with van der Waals surface area (Å²) in [7, 11) is 0. The lowest BCUT2D eigenvalue weighted by atomic mass is 9.99. The Morgan fingerprint density at radius 3 is 2.77 bits per heavy atom. The van der Waals surface area contributed by atoms with Crippen LogP contribution in [-0.4, -0.2) is 16.5 Å². The lowest BCUT2D eigenvalue weighted by Crippen LogP contribution is -2.25. The van der Waals surface area contributed by atoms with Crippen LogP contribution in [0, 0.1) is 6.92 Å². The highest BCUT2D eigenvalue weighted by molar-refractivity contribution is 6.42. The first-order valence-corrected chi connectivity index (χ1v) is 9.28. The minimum absolute atomic E-state index is 0.494. The van der Waals surface area contributed by atoms with Gasteiger partial charge in [0.1, 0.15) is 5.82 Å². The summed E-state index contributed by atoms with van der Waals surface area (Å²) >= 11 is 12.1. The van der Waals surface area contributed by atoms with Gasteiger partial charge in [0.05, 0.1) is 10.0 Å². The number of benzene rings is 2. The van der Waals surface area contributed by atoms with Crippen molar-refractivity contribution in [2.45, 2.75) is 19.8 Å². The number of nitrogens with zero attached hydrogens (tertiary/aromatic N) is 3. The van der Waals surface area contributed by atoms with Gasteiger partial charge in [-0.05, 0) is 55.7 Å². The third-order valence-corrected chi connectivity index (χ3v) is 5.19. The van der Waals surface area contributed by atoms with Crippen molar-refractivity contribution in [1.82, 2.24) is 9.97 Å². The minimum atomic E-state index is 0.494. The molecular formula is C20H18Cl2N4. The maximum Gasteiger partial charge on any atom is 0.229 e. The van der Waals surface area contributed by atoms with E-state index < -0.39 is 0 Å². The molecule has 26 heavy (non-hydrogen) atoms. The van der Waals surface area contributed by atoms with Gasteiger partial charge in [-0.2, -0.15) is 4.98 Å². The van der Waals surface area contributed by atoms with E-state index in [1.54, 1.807) is 18.3 Å². The molecule has 3 aromatic rings. The average molecular weight is 385 g/mol. The molecule has 0 aliphatic carbocycles. The zero-order valence-corrected chi connectivity index (χ0v) is 15.8. The second-order valence-electron chi connectivity index (χ2n) is 6.38. The highest BCUT2D eigenvalue weighted by atomic mass is 35.5. The van der Waals surface area contributed by atoms with Crippen molar-refractivity contribution in [2.75, 3.05) is 16.8 Å². The molecule has 2 heterocycles. The Hall–Kier alpha value is -2.30. The second-order valence-corrected chi connectivity index (χ2v) is 7.19. The largest absolute Gasteiger partial charge is 0.326 e. The SMILES string of the molecule is Cc1ccc2c(c1)CCCN2c1ccnc(Nc2ccc(Cl)c(Cl)c2)n1. The number of nitrogens with one attached hydrogen (secondary N) is 1. The molecule has 2 aromatic carbocycles. The molecule has 0 unspecified atom stereocenters. The topological polar surface area (TPSA) is 41.1 Å². The van der Waals surface area contributed by atoms with Crippen molar-refractivity contribution >= 4 is 46.3 Å². The van der Waals surface area contributed by atoms with Crippen LogP contribution in [0.3, 0.4) is 0 Å². The number of rotatable bonds is 3. The molecule has 1 N–H and O–H groups in total. The summed E-state index contributed by atoms with van der Waals surface area (Å²) in [5, 5.41) is 4.21. The number of halogens is 2. The zero-order valence-electron chi connectivity index (χ0n) is 14.3. The van der Waals surface area contributed by atoms with Crippen molar-refractivity contribution in [2.24, 2.45) is 0 Å². The Morgan fingerprint density at radius 1 is 1.04 bits per heavy atom. The van der Waals surface area contributed by atoms with E-state index in [4.69, 9.17) is 28.2 Å². The molecule has 0 atom stereocenters. The molecule has 0 radical (unpaired) electrons. The standard InChI is InChI=1S/C20H18Cl2N4/c1-13-4-7-18-14(11-13)3-2-10-26(18)19-8-9-23-20(25-19)24-15-5-6-16(21)17(22)12-15/h4-9,11-12H,2-3,10H2,1H3,(H,23,24,25). The van der Waals surface area contributed by atoms with E-state index >= 15 is 0 Å². The summed E-state index contributed by atoms with van der Waals surface area (Å²) in [6, 6.07) is 13.9. The van der Waals surface area contributed by atoms with Crippen LogP contribution in [0.2, 0.25) is 10.0 Å². The molecule has 4 nitrogen and oxygen atoms in total. The van der Waals surface area contributed by atoms with E-state index in [-0.39, 0.29) is 0 Å². The molecular weight excluding hydrogens is 367 g/mol. The summed E-state index contributed by atoms with van der Waals surface area (Å²) in [6.07, 6.45) is 3.98. The van der Waals surface area contributed by atoms with E-state index in [2.05, 4.69) is 40.3 Å². The molecule has 0 fully saturated rings. The first-order valence-electron chi connectivity index (χ1n) is 8.52. The van der Waals surface area contributed by atoms with E-state index in [1.165, 1.54) is 16.8 Å². The quantitative estimate of drug-likeness (QED) is 0.608. The fraction of sp³-hybridized carbons (Fsp3) is 0.200. The lowest BCUT2D eigenvalue weighted by Gasteiger charge is -2.30. The number of fused-ring (bicyclic) bond motifs is 1. The number of aryl methyl sites for hydroxylation is 2. The molecule has 0 bridgehead atoms. The summed E-state index contributed by atoms with van der Waals surface area (Å²) in [5.41, 5.74) is 4.68. The molecule has 6 heteroatoms. The Bertz CT molecular complexity index is 958. The summed E-state index contributed by atoms with van der Waals surface area (Å²) in [5.74, 6) is 1.41. The molecule has 132 valence electrons. The molecule has 0 saturated carbocycles. The van der Waals surface area contributed by atoms with Crippen LogP contribution < -0.4 is 10.2 Å². The number of anilines is 4. The van der Waals surface area contributed by atoms with Gasteiger partial charge in [0.25, 0.3) is 0 Å². The van der Waals surface area contributed by atoms with Crippen molar-refractivity contribution in [3.63, 3.8) is 0 Å². The minimum Gasteiger partial charge on any atom is -0.326 e. The van der Waals surface area contributed by atoms with Crippen LogP contribution in [0.4, 0.5) is 23.1 Å². The van der Waals surface area contributed by atoms with Gasteiger partial charge in [-0.15, -0.1) is 0 Å². The van der Waals surface area contributed by atoms with Crippen LogP contribution in [-0.2, 0) is 6.42 Å². The number of hydrogen-bond acceptors (Lipinski definition) is 4.